The van der Waals surface area contributed by atoms with Gasteiger partial charge in [-0.05, 0) is 65.3 Å². The number of amides is 1. The molecule has 0 spiro atoms. The zero-order chi connectivity index (χ0) is 19.4. The second-order valence-electron chi connectivity index (χ2n) is 6.86. The van der Waals surface area contributed by atoms with E-state index in [0.29, 0.717) is 23.6 Å². The first-order valence-corrected chi connectivity index (χ1v) is 10.0. The van der Waals surface area contributed by atoms with Gasteiger partial charge < -0.3 is 14.8 Å². The number of rotatable bonds is 6. The molecule has 1 N–H and O–H groups in total. The predicted octanol–water partition coefficient (Wildman–Crippen LogP) is 4.69. The van der Waals surface area contributed by atoms with Crippen molar-refractivity contribution in [3.05, 3.63) is 56.9 Å². The summed E-state index contributed by atoms with van der Waals surface area (Å²) >= 11 is 2.13. The van der Waals surface area contributed by atoms with Crippen LogP contribution in [0.25, 0.3) is 0 Å². The smallest absolute Gasteiger partial charge is 0.252 e. The summed E-state index contributed by atoms with van der Waals surface area (Å²) in [5, 5.41) is 3.09. The molecule has 0 aliphatic heterocycles. The first kappa shape index (κ1) is 19.9. The van der Waals surface area contributed by atoms with Crippen molar-refractivity contribution in [2.75, 3.05) is 20.8 Å². The maximum absolute atomic E-state index is 13.3. The van der Waals surface area contributed by atoms with Crippen molar-refractivity contribution < 1.29 is 18.7 Å². The van der Waals surface area contributed by atoms with E-state index in [1.165, 1.54) is 12.1 Å². The molecule has 0 aromatic heterocycles. The molecular weight excluding hydrogens is 460 g/mol. The molecule has 1 fully saturated rings. The van der Waals surface area contributed by atoms with Crippen LogP contribution in [0.5, 0.6) is 11.5 Å². The Balaban J connectivity index is 1.80. The number of nitrogens with one attached hydrogen (secondary N) is 1. The summed E-state index contributed by atoms with van der Waals surface area (Å²) in [5.74, 6) is 0.735. The molecule has 0 radical (unpaired) electrons. The fraction of sp³-hybridized carbons (Fsp3) is 0.381. The van der Waals surface area contributed by atoms with Gasteiger partial charge in [0, 0.05) is 15.5 Å². The molecule has 0 saturated heterocycles. The molecule has 2 aromatic carbocycles. The summed E-state index contributed by atoms with van der Waals surface area (Å²) < 4.78 is 24.7. The number of ether oxygens (including phenoxy) is 2. The highest BCUT2D eigenvalue weighted by molar-refractivity contribution is 14.1. The van der Waals surface area contributed by atoms with Gasteiger partial charge in [0.25, 0.3) is 5.91 Å². The van der Waals surface area contributed by atoms with E-state index < -0.39 is 0 Å². The summed E-state index contributed by atoms with van der Waals surface area (Å²) in [6, 6.07) is 10.2. The van der Waals surface area contributed by atoms with Crippen LogP contribution in [-0.4, -0.2) is 26.7 Å². The van der Waals surface area contributed by atoms with Gasteiger partial charge in [0.15, 0.2) is 11.5 Å². The molecule has 1 amide bonds. The molecule has 3 rings (SSSR count). The van der Waals surface area contributed by atoms with Crippen molar-refractivity contribution >= 4 is 28.5 Å². The van der Waals surface area contributed by atoms with Crippen molar-refractivity contribution in [1.82, 2.24) is 5.32 Å². The molecule has 2 aromatic rings. The lowest BCUT2D eigenvalue weighted by molar-refractivity contribution is 0.0941. The molecule has 0 bridgehead atoms. The van der Waals surface area contributed by atoms with Crippen LogP contribution in [-0.2, 0) is 5.41 Å². The number of carbonyl (C=O) groups excluding carboxylic acids is 1. The maximum atomic E-state index is 13.3. The van der Waals surface area contributed by atoms with Crippen molar-refractivity contribution in [2.24, 2.45) is 0 Å². The van der Waals surface area contributed by atoms with Gasteiger partial charge in [-0.3, -0.25) is 4.79 Å². The Morgan fingerprint density at radius 1 is 1.11 bits per heavy atom. The third-order valence-corrected chi connectivity index (χ3v) is 6.21. The van der Waals surface area contributed by atoms with Crippen molar-refractivity contribution in [2.45, 2.75) is 31.1 Å². The van der Waals surface area contributed by atoms with Crippen LogP contribution in [0.15, 0.2) is 36.4 Å². The Morgan fingerprint density at radius 3 is 2.30 bits per heavy atom. The largest absolute Gasteiger partial charge is 0.493 e. The number of hydrogen-bond donors (Lipinski definition) is 1. The van der Waals surface area contributed by atoms with Gasteiger partial charge in [-0.2, -0.15) is 0 Å². The molecule has 1 aliphatic rings. The first-order chi connectivity index (χ1) is 13.0. The van der Waals surface area contributed by atoms with E-state index in [9.17, 15) is 9.18 Å². The SMILES string of the molecule is COc1cc(I)c(C(=O)NCC2(c3ccc(F)cc3)CCCC2)cc1OC. The molecule has 4 nitrogen and oxygen atoms in total. The van der Waals surface area contributed by atoms with Gasteiger partial charge in [-0.25, -0.2) is 4.39 Å². The summed E-state index contributed by atoms with van der Waals surface area (Å²) in [5.41, 5.74) is 1.51. The zero-order valence-electron chi connectivity index (χ0n) is 15.5. The van der Waals surface area contributed by atoms with Crippen molar-refractivity contribution in [1.29, 1.82) is 0 Å². The number of hydrogen-bond acceptors (Lipinski definition) is 3. The standard InChI is InChI=1S/C21H23FINO3/c1-26-18-11-16(17(23)12-19(18)27-2)20(25)24-13-21(9-3-4-10-21)14-5-7-15(22)8-6-14/h5-8,11-12H,3-4,9-10,13H2,1-2H3,(H,24,25). The van der Waals surface area contributed by atoms with Crippen molar-refractivity contribution in [3.8, 4) is 11.5 Å². The lowest BCUT2D eigenvalue weighted by Gasteiger charge is -2.30. The molecular formula is C21H23FINO3. The molecule has 0 heterocycles. The van der Waals surface area contributed by atoms with Gasteiger partial charge in [-0.15, -0.1) is 0 Å². The normalized spacial score (nSPS) is 15.4. The van der Waals surface area contributed by atoms with Gasteiger partial charge >= 0.3 is 0 Å². The highest BCUT2D eigenvalue weighted by Crippen LogP contribution is 2.41. The predicted molar refractivity (Wildman–Crippen MR) is 111 cm³/mol. The van der Waals surface area contributed by atoms with E-state index in [-0.39, 0.29) is 17.1 Å². The zero-order valence-corrected chi connectivity index (χ0v) is 17.6. The number of carbonyl (C=O) groups is 1. The fourth-order valence-corrected chi connectivity index (χ4v) is 4.48. The maximum Gasteiger partial charge on any atom is 0.252 e. The molecule has 1 saturated carbocycles. The fourth-order valence-electron chi connectivity index (χ4n) is 3.80. The molecule has 0 atom stereocenters. The Morgan fingerprint density at radius 2 is 1.70 bits per heavy atom. The van der Waals surface area contributed by atoms with Crippen LogP contribution in [0, 0.1) is 9.39 Å². The van der Waals surface area contributed by atoms with Crippen LogP contribution >= 0.6 is 22.6 Å². The Labute approximate surface area is 172 Å². The molecule has 0 unspecified atom stereocenters. The van der Waals surface area contributed by atoms with Crippen LogP contribution in [0.2, 0.25) is 0 Å². The van der Waals surface area contributed by atoms with Gasteiger partial charge in [0.1, 0.15) is 5.82 Å². The van der Waals surface area contributed by atoms with Crippen LogP contribution in [0.4, 0.5) is 4.39 Å². The van der Waals surface area contributed by atoms with Crippen LogP contribution in [0.3, 0.4) is 0 Å². The minimum Gasteiger partial charge on any atom is -0.493 e. The minimum absolute atomic E-state index is 0.134. The molecule has 27 heavy (non-hydrogen) atoms. The average molecular weight is 483 g/mol. The third-order valence-electron chi connectivity index (χ3n) is 5.32. The summed E-state index contributed by atoms with van der Waals surface area (Å²) in [6.45, 7) is 0.530. The van der Waals surface area contributed by atoms with Gasteiger partial charge in [-0.1, -0.05) is 25.0 Å². The molecule has 144 valence electrons. The van der Waals surface area contributed by atoms with E-state index in [0.717, 1.165) is 34.8 Å². The number of halogens is 2. The minimum atomic E-state index is -0.240. The summed E-state index contributed by atoms with van der Waals surface area (Å²) in [4.78, 5) is 12.8. The molecule has 1 aliphatic carbocycles. The lowest BCUT2D eigenvalue weighted by atomic mass is 9.78. The Hall–Kier alpha value is -1.83. The summed E-state index contributed by atoms with van der Waals surface area (Å²) in [7, 11) is 3.12. The Kier molecular flexibility index (Phi) is 6.24. The lowest BCUT2D eigenvalue weighted by Crippen LogP contribution is -2.39. The van der Waals surface area contributed by atoms with Crippen LogP contribution in [0.1, 0.15) is 41.6 Å². The second-order valence-corrected chi connectivity index (χ2v) is 8.03. The van der Waals surface area contributed by atoms with E-state index in [1.807, 2.05) is 12.1 Å². The van der Waals surface area contributed by atoms with E-state index in [4.69, 9.17) is 9.47 Å². The van der Waals surface area contributed by atoms with E-state index in [2.05, 4.69) is 27.9 Å². The quantitative estimate of drug-likeness (QED) is 0.607. The highest BCUT2D eigenvalue weighted by atomic mass is 127. The molecule has 6 heteroatoms. The topological polar surface area (TPSA) is 47.6 Å². The van der Waals surface area contributed by atoms with Gasteiger partial charge in [0.2, 0.25) is 0 Å². The monoisotopic (exact) mass is 483 g/mol. The first-order valence-electron chi connectivity index (χ1n) is 8.95. The van der Waals surface area contributed by atoms with Gasteiger partial charge in [0.05, 0.1) is 19.8 Å². The second kappa shape index (κ2) is 8.46. The summed E-state index contributed by atoms with van der Waals surface area (Å²) in [6.07, 6.45) is 4.20. The third kappa shape index (κ3) is 4.20. The highest BCUT2D eigenvalue weighted by Gasteiger charge is 2.36. The van der Waals surface area contributed by atoms with Crippen LogP contribution < -0.4 is 14.8 Å². The number of benzene rings is 2. The number of methoxy groups -OCH3 is 2. The van der Waals surface area contributed by atoms with E-state index in [1.54, 1.807) is 26.4 Å². The van der Waals surface area contributed by atoms with Crippen molar-refractivity contribution in [3.63, 3.8) is 0 Å². The van der Waals surface area contributed by atoms with E-state index >= 15 is 0 Å². The average Bonchev–Trinajstić information content (AvgIpc) is 3.16. The Bertz CT molecular complexity index is 817.